The van der Waals surface area contributed by atoms with Crippen LogP contribution in [-0.2, 0) is 4.74 Å². The lowest BCUT2D eigenvalue weighted by atomic mass is 10.1. The van der Waals surface area contributed by atoms with Gasteiger partial charge in [-0.15, -0.1) is 0 Å². The molecule has 110 valence electrons. The zero-order valence-electron chi connectivity index (χ0n) is 11.8. The SMILES string of the molecule is Nc1cccc2cc(C(=O)NC3CCOC3C3CC3)[nH]c12. The highest BCUT2D eigenvalue weighted by molar-refractivity contribution is 6.00. The average Bonchev–Trinajstić information content (AvgIpc) is 3.04. The molecule has 4 N–H and O–H groups in total. The third-order valence-corrected chi connectivity index (χ3v) is 4.47. The van der Waals surface area contributed by atoms with Crippen LogP contribution in [0.3, 0.4) is 0 Å². The second-order valence-electron chi connectivity index (χ2n) is 6.04. The lowest BCUT2D eigenvalue weighted by Crippen LogP contribution is -2.41. The first-order valence-electron chi connectivity index (χ1n) is 7.52. The number of carbonyl (C=O) groups excluding carboxylic acids is 1. The maximum atomic E-state index is 12.4. The van der Waals surface area contributed by atoms with Crippen molar-refractivity contribution in [3.63, 3.8) is 0 Å². The summed E-state index contributed by atoms with van der Waals surface area (Å²) in [6.45, 7) is 0.742. The lowest BCUT2D eigenvalue weighted by Gasteiger charge is -2.19. The Kier molecular flexibility index (Phi) is 2.89. The van der Waals surface area contributed by atoms with Gasteiger partial charge < -0.3 is 20.8 Å². The summed E-state index contributed by atoms with van der Waals surface area (Å²) < 4.78 is 5.76. The Labute approximate surface area is 122 Å². The van der Waals surface area contributed by atoms with Crippen molar-refractivity contribution < 1.29 is 9.53 Å². The van der Waals surface area contributed by atoms with Gasteiger partial charge in [-0.25, -0.2) is 0 Å². The molecule has 0 radical (unpaired) electrons. The van der Waals surface area contributed by atoms with E-state index in [9.17, 15) is 4.79 Å². The highest BCUT2D eigenvalue weighted by Crippen LogP contribution is 2.38. The van der Waals surface area contributed by atoms with Gasteiger partial charge >= 0.3 is 0 Å². The number of aromatic nitrogens is 1. The molecule has 5 nitrogen and oxygen atoms in total. The first kappa shape index (κ1) is 12.7. The molecule has 1 amide bonds. The zero-order valence-corrected chi connectivity index (χ0v) is 11.8. The fourth-order valence-corrected chi connectivity index (χ4v) is 3.20. The third-order valence-electron chi connectivity index (χ3n) is 4.47. The standard InChI is InChI=1S/C16H19N3O2/c17-11-3-1-2-10-8-13(18-14(10)11)16(20)19-12-6-7-21-15(12)9-4-5-9/h1-3,8-9,12,15,18H,4-7,17H2,(H,19,20). The second kappa shape index (κ2) is 4.77. The number of para-hydroxylation sites is 1. The van der Waals surface area contributed by atoms with Gasteiger partial charge in [-0.1, -0.05) is 12.1 Å². The molecule has 1 aromatic carbocycles. The minimum absolute atomic E-state index is 0.0771. The largest absolute Gasteiger partial charge is 0.397 e. The summed E-state index contributed by atoms with van der Waals surface area (Å²) in [5.74, 6) is 0.558. The van der Waals surface area contributed by atoms with Gasteiger partial charge in [0.1, 0.15) is 5.69 Å². The molecule has 2 unspecified atom stereocenters. The van der Waals surface area contributed by atoms with Crippen LogP contribution in [0.4, 0.5) is 5.69 Å². The van der Waals surface area contributed by atoms with Gasteiger partial charge in [-0.2, -0.15) is 0 Å². The van der Waals surface area contributed by atoms with Crippen molar-refractivity contribution in [3.05, 3.63) is 30.0 Å². The monoisotopic (exact) mass is 285 g/mol. The molecule has 2 aliphatic rings. The van der Waals surface area contributed by atoms with E-state index in [1.807, 2.05) is 24.3 Å². The first-order valence-corrected chi connectivity index (χ1v) is 7.52. The third kappa shape index (κ3) is 2.27. The van der Waals surface area contributed by atoms with E-state index in [0.29, 0.717) is 17.3 Å². The minimum atomic E-state index is -0.0771. The Hall–Kier alpha value is -2.01. The first-order chi connectivity index (χ1) is 10.2. The van der Waals surface area contributed by atoms with E-state index in [2.05, 4.69) is 10.3 Å². The van der Waals surface area contributed by atoms with Crippen molar-refractivity contribution in [2.75, 3.05) is 12.3 Å². The lowest BCUT2D eigenvalue weighted by molar-refractivity contribution is 0.0727. The van der Waals surface area contributed by atoms with Crippen LogP contribution < -0.4 is 11.1 Å². The van der Waals surface area contributed by atoms with Crippen LogP contribution in [0.5, 0.6) is 0 Å². The normalized spacial score (nSPS) is 25.3. The average molecular weight is 285 g/mol. The van der Waals surface area contributed by atoms with Gasteiger partial charge in [0.05, 0.1) is 23.3 Å². The number of ether oxygens (including phenoxy) is 1. The number of nitrogens with one attached hydrogen (secondary N) is 2. The Bertz CT molecular complexity index is 690. The number of fused-ring (bicyclic) bond motifs is 1. The van der Waals surface area contributed by atoms with Gasteiger partial charge in [0.15, 0.2) is 0 Å². The van der Waals surface area contributed by atoms with Crippen LogP contribution >= 0.6 is 0 Å². The number of H-pyrrole nitrogens is 1. The fraction of sp³-hybridized carbons (Fsp3) is 0.438. The summed E-state index contributed by atoms with van der Waals surface area (Å²) in [5.41, 5.74) is 7.96. The minimum Gasteiger partial charge on any atom is -0.397 e. The van der Waals surface area contributed by atoms with Crippen LogP contribution in [0.2, 0.25) is 0 Å². The second-order valence-corrected chi connectivity index (χ2v) is 6.04. The highest BCUT2D eigenvalue weighted by atomic mass is 16.5. The molecule has 2 atom stereocenters. The molecule has 1 aliphatic carbocycles. The molecule has 0 bridgehead atoms. The Morgan fingerprint density at radius 3 is 2.95 bits per heavy atom. The smallest absolute Gasteiger partial charge is 0.268 e. The number of benzene rings is 1. The maximum Gasteiger partial charge on any atom is 0.268 e. The highest BCUT2D eigenvalue weighted by Gasteiger charge is 2.41. The van der Waals surface area contributed by atoms with Gasteiger partial charge in [0, 0.05) is 12.0 Å². The molecule has 21 heavy (non-hydrogen) atoms. The van der Waals surface area contributed by atoms with Crippen molar-refractivity contribution in [3.8, 4) is 0 Å². The summed E-state index contributed by atoms with van der Waals surface area (Å²) in [5, 5.41) is 4.07. The van der Waals surface area contributed by atoms with Crippen molar-refractivity contribution in [1.82, 2.24) is 10.3 Å². The number of hydrogen-bond donors (Lipinski definition) is 3. The molecule has 2 fully saturated rings. The Balaban J connectivity index is 1.54. The molecule has 2 heterocycles. The van der Waals surface area contributed by atoms with Crippen LogP contribution in [0.15, 0.2) is 24.3 Å². The van der Waals surface area contributed by atoms with Crippen LogP contribution in [0.25, 0.3) is 10.9 Å². The number of anilines is 1. The topological polar surface area (TPSA) is 80.1 Å². The Morgan fingerprint density at radius 2 is 2.19 bits per heavy atom. The van der Waals surface area contributed by atoms with Crippen LogP contribution in [-0.4, -0.2) is 29.6 Å². The number of hydrogen-bond acceptors (Lipinski definition) is 3. The molecule has 1 saturated carbocycles. The van der Waals surface area contributed by atoms with Gasteiger partial charge in [0.2, 0.25) is 0 Å². The number of rotatable bonds is 3. The number of aromatic amines is 1. The number of amides is 1. The van der Waals surface area contributed by atoms with Crippen molar-refractivity contribution in [1.29, 1.82) is 0 Å². The molecule has 1 aliphatic heterocycles. The fourth-order valence-electron chi connectivity index (χ4n) is 3.20. The van der Waals surface area contributed by atoms with Crippen molar-refractivity contribution in [2.24, 2.45) is 5.92 Å². The van der Waals surface area contributed by atoms with Crippen LogP contribution in [0.1, 0.15) is 29.8 Å². The van der Waals surface area contributed by atoms with E-state index in [1.54, 1.807) is 0 Å². The molecular formula is C16H19N3O2. The van der Waals surface area contributed by atoms with Gasteiger partial charge in [0.25, 0.3) is 5.91 Å². The zero-order chi connectivity index (χ0) is 14.4. The van der Waals surface area contributed by atoms with E-state index >= 15 is 0 Å². The number of carbonyl (C=O) groups is 1. The van der Waals surface area contributed by atoms with Gasteiger partial charge in [-0.05, 0) is 37.3 Å². The molecule has 5 heteroatoms. The molecular weight excluding hydrogens is 266 g/mol. The molecule has 1 saturated heterocycles. The van der Waals surface area contributed by atoms with Crippen molar-refractivity contribution in [2.45, 2.75) is 31.4 Å². The van der Waals surface area contributed by atoms with E-state index < -0.39 is 0 Å². The Morgan fingerprint density at radius 1 is 1.33 bits per heavy atom. The predicted molar refractivity (Wildman–Crippen MR) is 81.0 cm³/mol. The maximum absolute atomic E-state index is 12.4. The molecule has 4 rings (SSSR count). The summed E-state index contributed by atoms with van der Waals surface area (Å²) in [6, 6.07) is 7.65. The van der Waals surface area contributed by atoms with E-state index in [-0.39, 0.29) is 18.1 Å². The van der Waals surface area contributed by atoms with Crippen LogP contribution in [0, 0.1) is 5.92 Å². The predicted octanol–water partition coefficient (Wildman–Crippen LogP) is 2.05. The molecule has 0 spiro atoms. The molecule has 2 aromatic rings. The summed E-state index contributed by atoms with van der Waals surface area (Å²) in [6.07, 6.45) is 3.54. The quantitative estimate of drug-likeness (QED) is 0.755. The summed E-state index contributed by atoms with van der Waals surface area (Å²) in [4.78, 5) is 15.6. The van der Waals surface area contributed by atoms with E-state index in [0.717, 1.165) is 23.9 Å². The summed E-state index contributed by atoms with van der Waals surface area (Å²) >= 11 is 0. The van der Waals surface area contributed by atoms with E-state index in [1.165, 1.54) is 12.8 Å². The van der Waals surface area contributed by atoms with Crippen molar-refractivity contribution >= 4 is 22.5 Å². The molecule has 1 aromatic heterocycles. The number of nitrogen functional groups attached to an aromatic ring is 1. The number of nitrogens with two attached hydrogens (primary N) is 1. The van der Waals surface area contributed by atoms with E-state index in [4.69, 9.17) is 10.5 Å². The summed E-state index contributed by atoms with van der Waals surface area (Å²) in [7, 11) is 0. The van der Waals surface area contributed by atoms with Gasteiger partial charge in [-0.3, -0.25) is 4.79 Å².